The lowest BCUT2D eigenvalue weighted by molar-refractivity contribution is -0.154. The molecule has 0 aliphatic heterocycles. The van der Waals surface area contributed by atoms with Crippen LogP contribution in [-0.4, -0.2) is 27.8 Å². The van der Waals surface area contributed by atoms with Gasteiger partial charge < -0.3 is 4.74 Å². The first kappa shape index (κ1) is 11.1. The summed E-state index contributed by atoms with van der Waals surface area (Å²) in [6, 6.07) is 0. The summed E-state index contributed by atoms with van der Waals surface area (Å²) >= 11 is 0. The molecule has 88 valence electrons. The number of ether oxygens (including phenoxy) is 1. The highest BCUT2D eigenvalue weighted by Crippen LogP contribution is 2.43. The van der Waals surface area contributed by atoms with Gasteiger partial charge >= 0.3 is 5.97 Å². The molecule has 5 heteroatoms. The van der Waals surface area contributed by atoms with Crippen LogP contribution in [0.5, 0.6) is 0 Å². The molecule has 1 aromatic rings. The number of carbonyl (C=O) groups excluding carboxylic acids is 1. The normalized spacial score (nSPS) is 17.9. The van der Waals surface area contributed by atoms with Crippen molar-refractivity contribution in [3.8, 4) is 0 Å². The van der Waals surface area contributed by atoms with Crippen molar-refractivity contribution in [3.63, 3.8) is 0 Å². The molecule has 16 heavy (non-hydrogen) atoms. The van der Waals surface area contributed by atoms with Crippen LogP contribution in [0.3, 0.4) is 0 Å². The predicted octanol–water partition coefficient (Wildman–Crippen LogP) is 1.35. The monoisotopic (exact) mass is 223 g/mol. The van der Waals surface area contributed by atoms with Gasteiger partial charge in [-0.2, -0.15) is 5.10 Å². The minimum absolute atomic E-state index is 0.178. The summed E-state index contributed by atoms with van der Waals surface area (Å²) in [4.78, 5) is 16.3. The van der Waals surface area contributed by atoms with Gasteiger partial charge in [0.15, 0.2) is 5.82 Å². The number of hydrogen-bond donors (Lipinski definition) is 1. The third-order valence-electron chi connectivity index (χ3n) is 3.17. The van der Waals surface area contributed by atoms with Crippen LogP contribution in [-0.2, 0) is 21.4 Å². The highest BCUT2D eigenvalue weighted by molar-refractivity contribution is 5.83. The molecule has 1 heterocycles. The molecule has 0 saturated heterocycles. The van der Waals surface area contributed by atoms with E-state index in [4.69, 9.17) is 4.74 Å². The van der Waals surface area contributed by atoms with Crippen LogP contribution in [0.2, 0.25) is 0 Å². The summed E-state index contributed by atoms with van der Waals surface area (Å²) in [6.07, 6.45) is 3.43. The maximum absolute atomic E-state index is 11.9. The zero-order valence-electron chi connectivity index (χ0n) is 9.75. The number of esters is 1. The molecule has 2 rings (SSSR count). The van der Waals surface area contributed by atoms with E-state index in [-0.39, 0.29) is 5.97 Å². The van der Waals surface area contributed by atoms with Crippen molar-refractivity contribution in [2.45, 2.75) is 44.9 Å². The van der Waals surface area contributed by atoms with Crippen LogP contribution in [0, 0.1) is 0 Å². The minimum Gasteiger partial charge on any atom is -0.465 e. The summed E-state index contributed by atoms with van der Waals surface area (Å²) in [5.74, 6) is 1.25. The van der Waals surface area contributed by atoms with Gasteiger partial charge in [-0.25, -0.2) is 4.98 Å². The van der Waals surface area contributed by atoms with Crippen molar-refractivity contribution in [1.29, 1.82) is 0 Å². The molecule has 0 aromatic carbocycles. The van der Waals surface area contributed by atoms with E-state index in [1.807, 2.05) is 13.8 Å². The molecular weight excluding hydrogens is 206 g/mol. The van der Waals surface area contributed by atoms with Gasteiger partial charge in [-0.3, -0.25) is 9.89 Å². The number of rotatable bonds is 4. The second-order valence-corrected chi connectivity index (χ2v) is 4.12. The maximum Gasteiger partial charge on any atom is 0.319 e. The second-order valence-electron chi connectivity index (χ2n) is 4.12. The van der Waals surface area contributed by atoms with Crippen LogP contribution in [0.15, 0.2) is 0 Å². The van der Waals surface area contributed by atoms with E-state index in [0.717, 1.165) is 31.5 Å². The zero-order valence-corrected chi connectivity index (χ0v) is 9.75. The van der Waals surface area contributed by atoms with Gasteiger partial charge in [0.2, 0.25) is 0 Å². The SMILES string of the molecule is CCOC(=O)C1(c2n[nH]c(CC)n2)CCC1. The molecule has 0 amide bonds. The number of hydrogen-bond acceptors (Lipinski definition) is 4. The number of nitrogens with zero attached hydrogens (tertiary/aromatic N) is 2. The minimum atomic E-state index is -0.570. The fraction of sp³-hybridized carbons (Fsp3) is 0.727. The van der Waals surface area contributed by atoms with Crippen LogP contribution in [0.25, 0.3) is 0 Å². The number of aryl methyl sites for hydroxylation is 1. The smallest absolute Gasteiger partial charge is 0.319 e. The van der Waals surface area contributed by atoms with Crippen molar-refractivity contribution in [2.75, 3.05) is 6.61 Å². The van der Waals surface area contributed by atoms with Gasteiger partial charge in [0, 0.05) is 6.42 Å². The summed E-state index contributed by atoms with van der Waals surface area (Å²) in [5, 5.41) is 7.00. The van der Waals surface area contributed by atoms with Crippen LogP contribution < -0.4 is 0 Å². The van der Waals surface area contributed by atoms with E-state index in [9.17, 15) is 4.79 Å². The van der Waals surface area contributed by atoms with Crippen LogP contribution in [0.4, 0.5) is 0 Å². The quantitative estimate of drug-likeness (QED) is 0.782. The Labute approximate surface area is 94.6 Å². The largest absolute Gasteiger partial charge is 0.465 e. The predicted molar refractivity (Wildman–Crippen MR) is 57.9 cm³/mol. The summed E-state index contributed by atoms with van der Waals surface area (Å²) in [6.45, 7) is 4.23. The molecule has 1 N–H and O–H groups in total. The molecule has 0 bridgehead atoms. The van der Waals surface area contributed by atoms with Gasteiger partial charge in [0.1, 0.15) is 11.2 Å². The van der Waals surface area contributed by atoms with E-state index in [1.165, 1.54) is 0 Å². The van der Waals surface area contributed by atoms with Crippen molar-refractivity contribution in [2.24, 2.45) is 0 Å². The van der Waals surface area contributed by atoms with Crippen LogP contribution in [0.1, 0.15) is 44.8 Å². The number of H-pyrrole nitrogens is 1. The third-order valence-corrected chi connectivity index (χ3v) is 3.17. The zero-order chi connectivity index (χ0) is 11.6. The Morgan fingerprint density at radius 1 is 1.50 bits per heavy atom. The standard InChI is InChI=1S/C11H17N3O2/c1-3-8-12-9(14-13-8)11(6-5-7-11)10(15)16-4-2/h3-7H2,1-2H3,(H,12,13,14). The maximum atomic E-state index is 11.9. The Bertz CT molecular complexity index is 382. The average molecular weight is 223 g/mol. The Hall–Kier alpha value is -1.39. The highest BCUT2D eigenvalue weighted by Gasteiger charge is 2.50. The third kappa shape index (κ3) is 1.60. The highest BCUT2D eigenvalue weighted by atomic mass is 16.5. The molecule has 1 aliphatic rings. The van der Waals surface area contributed by atoms with Crippen molar-refractivity contribution in [3.05, 3.63) is 11.6 Å². The average Bonchev–Trinajstić information content (AvgIpc) is 2.65. The van der Waals surface area contributed by atoms with E-state index in [1.54, 1.807) is 0 Å². The van der Waals surface area contributed by atoms with Crippen LogP contribution >= 0.6 is 0 Å². The number of aromatic amines is 1. The molecule has 0 atom stereocenters. The Morgan fingerprint density at radius 3 is 2.69 bits per heavy atom. The van der Waals surface area contributed by atoms with E-state index >= 15 is 0 Å². The fourth-order valence-electron chi connectivity index (χ4n) is 1.99. The first-order valence-corrected chi connectivity index (χ1v) is 5.82. The van der Waals surface area contributed by atoms with Gasteiger partial charge in [0.05, 0.1) is 6.61 Å². The lowest BCUT2D eigenvalue weighted by Gasteiger charge is -2.36. The molecule has 0 spiro atoms. The molecular formula is C11H17N3O2. The van der Waals surface area contributed by atoms with Gasteiger partial charge in [0.25, 0.3) is 0 Å². The lowest BCUT2D eigenvalue weighted by Crippen LogP contribution is -2.44. The summed E-state index contributed by atoms with van der Waals surface area (Å²) in [5.41, 5.74) is -0.570. The van der Waals surface area contributed by atoms with E-state index in [2.05, 4.69) is 15.2 Å². The molecule has 1 saturated carbocycles. The molecule has 0 radical (unpaired) electrons. The molecule has 1 fully saturated rings. The molecule has 1 aromatic heterocycles. The van der Waals surface area contributed by atoms with Gasteiger partial charge in [-0.1, -0.05) is 13.3 Å². The van der Waals surface area contributed by atoms with E-state index in [0.29, 0.717) is 12.4 Å². The van der Waals surface area contributed by atoms with Crippen molar-refractivity contribution >= 4 is 5.97 Å². The number of carbonyl (C=O) groups is 1. The first-order chi connectivity index (χ1) is 7.73. The van der Waals surface area contributed by atoms with Gasteiger partial charge in [-0.05, 0) is 19.8 Å². The molecule has 5 nitrogen and oxygen atoms in total. The molecule has 1 aliphatic carbocycles. The fourth-order valence-corrected chi connectivity index (χ4v) is 1.99. The van der Waals surface area contributed by atoms with Crippen molar-refractivity contribution < 1.29 is 9.53 Å². The number of nitrogens with one attached hydrogen (secondary N) is 1. The van der Waals surface area contributed by atoms with Gasteiger partial charge in [-0.15, -0.1) is 0 Å². The first-order valence-electron chi connectivity index (χ1n) is 5.82. The number of aromatic nitrogens is 3. The van der Waals surface area contributed by atoms with E-state index < -0.39 is 5.41 Å². The Kier molecular flexibility index (Phi) is 2.94. The summed E-state index contributed by atoms with van der Waals surface area (Å²) in [7, 11) is 0. The Balaban J connectivity index is 2.23. The topological polar surface area (TPSA) is 67.9 Å². The van der Waals surface area contributed by atoms with Crippen molar-refractivity contribution in [1.82, 2.24) is 15.2 Å². The Morgan fingerprint density at radius 2 is 2.25 bits per heavy atom. The molecule has 0 unspecified atom stereocenters. The lowest BCUT2D eigenvalue weighted by atomic mass is 9.68. The second kappa shape index (κ2) is 4.23. The summed E-state index contributed by atoms with van der Waals surface area (Å²) < 4.78 is 5.11.